The van der Waals surface area contributed by atoms with Gasteiger partial charge in [-0.2, -0.15) is 13.2 Å². The Bertz CT molecular complexity index is 843. The number of para-hydroxylation sites is 1. The highest BCUT2D eigenvalue weighted by atomic mass is 19.4. The van der Waals surface area contributed by atoms with E-state index in [4.69, 9.17) is 0 Å². The van der Waals surface area contributed by atoms with Crippen LogP contribution in [0.5, 0.6) is 0 Å². The number of allylic oxidation sites excluding steroid dienone is 2. The van der Waals surface area contributed by atoms with Crippen molar-refractivity contribution in [3.05, 3.63) is 41.6 Å². The Morgan fingerprint density at radius 2 is 1.89 bits per heavy atom. The molecule has 3 rings (SSSR count). The minimum Gasteiger partial charge on any atom is -0.329 e. The van der Waals surface area contributed by atoms with Gasteiger partial charge in [0.05, 0.1) is 23.1 Å². The number of fused-ring (bicyclic) bond motifs is 1. The van der Waals surface area contributed by atoms with E-state index in [1.165, 1.54) is 12.1 Å². The molecule has 0 radical (unpaired) electrons. The molecule has 1 heterocycles. The molecule has 0 saturated carbocycles. The number of amides is 2. The van der Waals surface area contributed by atoms with Crippen LogP contribution in [0.25, 0.3) is 0 Å². The van der Waals surface area contributed by atoms with E-state index in [-0.39, 0.29) is 18.6 Å². The zero-order chi connectivity index (χ0) is 20.0. The van der Waals surface area contributed by atoms with Crippen molar-refractivity contribution in [2.75, 3.05) is 5.32 Å². The Morgan fingerprint density at radius 1 is 1.22 bits per heavy atom. The Kier molecular flexibility index (Phi) is 4.61. The quantitative estimate of drug-likeness (QED) is 0.827. The molecule has 5 nitrogen and oxygen atoms in total. The van der Waals surface area contributed by atoms with Crippen LogP contribution in [0.4, 0.5) is 18.9 Å². The summed E-state index contributed by atoms with van der Waals surface area (Å²) in [7, 11) is 0. The smallest absolute Gasteiger partial charge is 0.329 e. The molecule has 0 unspecified atom stereocenters. The number of piperidine rings is 1. The normalized spacial score (nSPS) is 24.6. The van der Waals surface area contributed by atoms with Crippen molar-refractivity contribution in [2.45, 2.75) is 32.9 Å². The van der Waals surface area contributed by atoms with Gasteiger partial charge in [0.15, 0.2) is 0 Å². The van der Waals surface area contributed by atoms with Crippen LogP contribution in [0, 0.1) is 17.3 Å². The molecule has 2 atom stereocenters. The molecule has 1 aliphatic carbocycles. The Labute approximate surface area is 154 Å². The van der Waals surface area contributed by atoms with Crippen LogP contribution in [0.1, 0.15) is 32.3 Å². The van der Waals surface area contributed by atoms with E-state index in [2.05, 4.69) is 10.6 Å². The number of ketones is 1. The molecule has 27 heavy (non-hydrogen) atoms. The molecule has 2 amide bonds. The monoisotopic (exact) mass is 380 g/mol. The van der Waals surface area contributed by atoms with Crippen LogP contribution in [-0.2, 0) is 20.6 Å². The van der Waals surface area contributed by atoms with E-state index >= 15 is 0 Å². The lowest BCUT2D eigenvalue weighted by Gasteiger charge is -2.38. The van der Waals surface area contributed by atoms with Crippen LogP contribution in [0.3, 0.4) is 0 Å². The van der Waals surface area contributed by atoms with Gasteiger partial charge in [-0.25, -0.2) is 0 Å². The molecular formula is C19H19F3N2O3. The summed E-state index contributed by atoms with van der Waals surface area (Å²) in [5.74, 6) is -3.32. The Balaban J connectivity index is 1.91. The van der Waals surface area contributed by atoms with Crippen molar-refractivity contribution in [1.29, 1.82) is 0 Å². The first kappa shape index (κ1) is 19.1. The van der Waals surface area contributed by atoms with Crippen molar-refractivity contribution in [3.8, 4) is 0 Å². The van der Waals surface area contributed by atoms with Gasteiger partial charge in [-0.15, -0.1) is 0 Å². The second-order valence-electron chi connectivity index (χ2n) is 7.60. The van der Waals surface area contributed by atoms with Crippen LogP contribution in [0.2, 0.25) is 0 Å². The van der Waals surface area contributed by atoms with E-state index in [0.717, 1.165) is 12.1 Å². The molecule has 1 saturated heterocycles. The SMILES string of the molecule is CC1(C)C=C2NC(=O)C[C@H](C(=O)Nc3ccccc3C(F)(F)F)[C@@H]2C(=O)C1. The lowest BCUT2D eigenvalue weighted by atomic mass is 9.69. The highest BCUT2D eigenvalue weighted by Gasteiger charge is 2.46. The number of rotatable bonds is 2. The first-order valence-corrected chi connectivity index (χ1v) is 8.50. The summed E-state index contributed by atoms with van der Waals surface area (Å²) < 4.78 is 39.4. The second-order valence-corrected chi connectivity index (χ2v) is 7.60. The summed E-state index contributed by atoms with van der Waals surface area (Å²) in [5.41, 5.74) is -1.48. The van der Waals surface area contributed by atoms with E-state index < -0.39 is 46.5 Å². The lowest BCUT2D eigenvalue weighted by Crippen LogP contribution is -2.49. The highest BCUT2D eigenvalue weighted by Crippen LogP contribution is 2.41. The number of alkyl halides is 3. The standard InChI is InChI=1S/C19H19F3N2O3/c1-18(2)8-13-16(14(25)9-18)10(7-15(26)23-13)17(27)24-12-6-4-3-5-11(12)19(20,21)22/h3-6,8,10,16H,7,9H2,1-2H3,(H,23,26)(H,24,27)/t10-,16-/m0/s1. The number of hydrogen-bond acceptors (Lipinski definition) is 3. The van der Waals surface area contributed by atoms with Gasteiger partial charge < -0.3 is 10.6 Å². The summed E-state index contributed by atoms with van der Waals surface area (Å²) >= 11 is 0. The summed E-state index contributed by atoms with van der Waals surface area (Å²) in [5, 5.41) is 4.89. The molecule has 1 aromatic rings. The van der Waals surface area contributed by atoms with Gasteiger partial charge in [0.25, 0.3) is 0 Å². The molecule has 1 aliphatic heterocycles. The largest absolute Gasteiger partial charge is 0.418 e. The summed E-state index contributed by atoms with van der Waals surface area (Å²) in [6, 6.07) is 4.60. The van der Waals surface area contributed by atoms with Gasteiger partial charge in [-0.1, -0.05) is 32.1 Å². The molecule has 1 aromatic carbocycles. The Hall–Kier alpha value is -2.64. The maximum absolute atomic E-state index is 13.1. The Morgan fingerprint density at radius 3 is 2.56 bits per heavy atom. The van der Waals surface area contributed by atoms with Gasteiger partial charge in [0.1, 0.15) is 5.78 Å². The minimum absolute atomic E-state index is 0.194. The van der Waals surface area contributed by atoms with Crippen molar-refractivity contribution >= 4 is 23.3 Å². The minimum atomic E-state index is -4.64. The molecule has 0 aromatic heterocycles. The fourth-order valence-corrected chi connectivity index (χ4v) is 3.69. The van der Waals surface area contributed by atoms with Crippen molar-refractivity contribution in [3.63, 3.8) is 0 Å². The molecule has 2 aliphatic rings. The van der Waals surface area contributed by atoms with Crippen molar-refractivity contribution in [2.24, 2.45) is 17.3 Å². The zero-order valence-electron chi connectivity index (χ0n) is 14.8. The predicted molar refractivity (Wildman–Crippen MR) is 91.3 cm³/mol. The number of Topliss-reactive ketones (excluding diaryl/α,β-unsaturated/α-hetero) is 1. The number of carbonyl (C=O) groups is 3. The first-order valence-electron chi connectivity index (χ1n) is 8.50. The van der Waals surface area contributed by atoms with E-state index in [9.17, 15) is 27.6 Å². The molecule has 2 N–H and O–H groups in total. The summed E-state index contributed by atoms with van der Waals surface area (Å²) in [6.07, 6.45) is -2.95. The number of anilines is 1. The van der Waals surface area contributed by atoms with Crippen molar-refractivity contribution < 1.29 is 27.6 Å². The van der Waals surface area contributed by atoms with Gasteiger partial charge in [-0.05, 0) is 17.5 Å². The number of halogens is 3. The molecule has 144 valence electrons. The molecule has 8 heteroatoms. The maximum atomic E-state index is 13.1. The molecule has 0 spiro atoms. The van der Waals surface area contributed by atoms with E-state index in [1.54, 1.807) is 6.08 Å². The third-order valence-corrected chi connectivity index (χ3v) is 4.78. The predicted octanol–water partition coefficient (Wildman–Crippen LogP) is 3.28. The number of hydrogen-bond donors (Lipinski definition) is 2. The van der Waals surface area contributed by atoms with Crippen LogP contribution < -0.4 is 10.6 Å². The van der Waals surface area contributed by atoms with Gasteiger partial charge in [0, 0.05) is 18.5 Å². The fraction of sp³-hybridized carbons (Fsp3) is 0.421. The summed E-state index contributed by atoms with van der Waals surface area (Å²) in [6.45, 7) is 3.67. The van der Waals surface area contributed by atoms with Crippen LogP contribution in [0.15, 0.2) is 36.0 Å². The lowest BCUT2D eigenvalue weighted by molar-refractivity contribution is -0.138. The van der Waals surface area contributed by atoms with Gasteiger partial charge in [-0.3, -0.25) is 14.4 Å². The van der Waals surface area contributed by atoms with Gasteiger partial charge >= 0.3 is 6.18 Å². The zero-order valence-corrected chi connectivity index (χ0v) is 14.8. The van der Waals surface area contributed by atoms with Crippen LogP contribution >= 0.6 is 0 Å². The molecule has 0 bridgehead atoms. The maximum Gasteiger partial charge on any atom is 0.418 e. The molecular weight excluding hydrogens is 361 g/mol. The molecule has 1 fully saturated rings. The topological polar surface area (TPSA) is 75.3 Å². The number of carbonyl (C=O) groups excluding carboxylic acids is 3. The third-order valence-electron chi connectivity index (χ3n) is 4.78. The van der Waals surface area contributed by atoms with Crippen LogP contribution in [-0.4, -0.2) is 17.6 Å². The first-order chi connectivity index (χ1) is 12.5. The average molecular weight is 380 g/mol. The van der Waals surface area contributed by atoms with E-state index in [1.807, 2.05) is 13.8 Å². The average Bonchev–Trinajstić information content (AvgIpc) is 2.51. The highest BCUT2D eigenvalue weighted by molar-refractivity contribution is 6.02. The fourth-order valence-electron chi connectivity index (χ4n) is 3.69. The summed E-state index contributed by atoms with van der Waals surface area (Å²) in [4.78, 5) is 37.3. The number of benzene rings is 1. The van der Waals surface area contributed by atoms with E-state index in [0.29, 0.717) is 5.70 Å². The van der Waals surface area contributed by atoms with Crippen molar-refractivity contribution in [1.82, 2.24) is 5.32 Å². The van der Waals surface area contributed by atoms with Gasteiger partial charge in [0.2, 0.25) is 11.8 Å². The number of nitrogens with one attached hydrogen (secondary N) is 2. The third kappa shape index (κ3) is 3.89. The second kappa shape index (κ2) is 6.51.